The van der Waals surface area contributed by atoms with Gasteiger partial charge in [-0.15, -0.1) is 0 Å². The van der Waals surface area contributed by atoms with E-state index in [1.165, 1.54) is 23.3 Å². The highest BCUT2D eigenvalue weighted by Gasteiger charge is 2.48. The van der Waals surface area contributed by atoms with Crippen molar-refractivity contribution in [2.24, 2.45) is 11.8 Å². The van der Waals surface area contributed by atoms with Crippen LogP contribution >= 0.6 is 0 Å². The number of nitrogens with zero attached hydrogens (tertiary/aromatic N) is 1. The Morgan fingerprint density at radius 1 is 0.702 bits per heavy atom. The van der Waals surface area contributed by atoms with E-state index >= 15 is 0 Å². The van der Waals surface area contributed by atoms with Gasteiger partial charge in [-0.2, -0.15) is 0 Å². The Morgan fingerprint density at radius 2 is 1.26 bits per heavy atom. The predicted octanol–water partition coefficient (Wildman–Crippen LogP) is 7.33. The highest BCUT2D eigenvalue weighted by molar-refractivity contribution is 6.03. The summed E-state index contributed by atoms with van der Waals surface area (Å²) in [5, 5.41) is 29.1. The summed E-state index contributed by atoms with van der Waals surface area (Å²) in [6.45, 7) is 0. The molecule has 0 spiro atoms. The van der Waals surface area contributed by atoms with Crippen molar-refractivity contribution in [1.82, 2.24) is 0 Å². The zero-order valence-electron chi connectivity index (χ0n) is 26.2. The van der Waals surface area contributed by atoms with Crippen molar-refractivity contribution in [1.29, 1.82) is 0 Å². The monoisotopic (exact) mass is 637 g/mol. The van der Waals surface area contributed by atoms with Crippen LogP contribution in [-0.4, -0.2) is 33.2 Å². The first kappa shape index (κ1) is 33.5. The number of benzene rings is 4. The Labute approximate surface area is 274 Å². The molecule has 4 aromatic carbocycles. The molecule has 0 saturated carbocycles. The first-order chi connectivity index (χ1) is 22.7. The number of anilines is 1. The smallest absolute Gasteiger partial charge is 0.317 e. The predicted molar refractivity (Wildman–Crippen MR) is 177 cm³/mol. The fourth-order valence-electron chi connectivity index (χ4n) is 6.40. The highest BCUT2D eigenvalue weighted by Crippen LogP contribution is 2.46. The summed E-state index contributed by atoms with van der Waals surface area (Å²) < 4.78 is 13.4. The quantitative estimate of drug-likeness (QED) is 0.0876. The molecule has 8 heteroatoms. The lowest BCUT2D eigenvalue weighted by Gasteiger charge is -2.48. The van der Waals surface area contributed by atoms with Crippen molar-refractivity contribution < 1.29 is 34.1 Å². The van der Waals surface area contributed by atoms with E-state index in [4.69, 9.17) is 10.2 Å². The molecule has 0 unspecified atom stereocenters. The Hall–Kier alpha value is -4.82. The minimum absolute atomic E-state index is 0.0180. The number of hydrogen-bond donors (Lipinski definition) is 3. The molecule has 4 aromatic rings. The first-order valence-corrected chi connectivity index (χ1v) is 16.1. The molecular formula is C39H40FNO6. The van der Waals surface area contributed by atoms with Gasteiger partial charge in [0, 0.05) is 5.69 Å². The molecular weight excluding hydrogens is 597 g/mol. The first-order valence-electron chi connectivity index (χ1n) is 16.1. The van der Waals surface area contributed by atoms with E-state index in [0.29, 0.717) is 31.2 Å². The molecule has 3 atom stereocenters. The largest absolute Gasteiger partial charge is 0.481 e. The number of amides is 1. The number of hydrogen-bond acceptors (Lipinski definition) is 4. The van der Waals surface area contributed by atoms with Crippen LogP contribution in [0.4, 0.5) is 10.1 Å². The van der Waals surface area contributed by atoms with Gasteiger partial charge in [-0.3, -0.25) is 14.4 Å². The number of aryl methyl sites for hydroxylation is 3. The lowest BCUT2D eigenvalue weighted by Crippen LogP contribution is -2.55. The molecule has 7 nitrogen and oxygen atoms in total. The molecule has 1 aliphatic rings. The third-order valence-corrected chi connectivity index (χ3v) is 9.08. The van der Waals surface area contributed by atoms with Gasteiger partial charge < -0.3 is 20.2 Å². The molecule has 0 aliphatic carbocycles. The van der Waals surface area contributed by atoms with Crippen molar-refractivity contribution in [2.45, 2.75) is 63.5 Å². The van der Waals surface area contributed by atoms with Crippen molar-refractivity contribution >= 4 is 23.5 Å². The number of carboxylic acids is 2. The molecule has 1 saturated heterocycles. The number of carboxylic acid groups (broad SMARTS) is 2. The molecule has 0 aromatic heterocycles. The number of aliphatic carboxylic acids is 2. The summed E-state index contributed by atoms with van der Waals surface area (Å²) in [5.74, 6) is -4.84. The topological polar surface area (TPSA) is 115 Å². The van der Waals surface area contributed by atoms with Gasteiger partial charge in [-0.1, -0.05) is 78.9 Å². The van der Waals surface area contributed by atoms with Gasteiger partial charge in [0.05, 0.1) is 18.1 Å². The normalized spacial score (nSPS) is 16.6. The number of carbonyl (C=O) groups is 3. The highest BCUT2D eigenvalue weighted by atomic mass is 19.1. The molecule has 3 N–H and O–H groups in total. The van der Waals surface area contributed by atoms with E-state index < -0.39 is 24.0 Å². The van der Waals surface area contributed by atoms with Crippen LogP contribution in [0.15, 0.2) is 103 Å². The van der Waals surface area contributed by atoms with Crippen molar-refractivity contribution in [3.05, 3.63) is 137 Å². The molecule has 0 bridgehead atoms. The van der Waals surface area contributed by atoms with Crippen LogP contribution < -0.4 is 4.90 Å². The minimum atomic E-state index is -1.43. The number of aliphatic hydroxyl groups excluding tert-OH is 1. The average molecular weight is 638 g/mol. The maximum atomic E-state index is 13.6. The Bertz CT molecular complexity index is 1630. The molecule has 1 amide bonds. The Morgan fingerprint density at radius 3 is 1.85 bits per heavy atom. The van der Waals surface area contributed by atoms with Crippen LogP contribution in [-0.2, 0) is 33.6 Å². The molecule has 1 aliphatic heterocycles. The van der Waals surface area contributed by atoms with E-state index in [1.807, 2.05) is 59.5 Å². The van der Waals surface area contributed by atoms with Gasteiger partial charge >= 0.3 is 11.9 Å². The van der Waals surface area contributed by atoms with Gasteiger partial charge in [-0.05, 0) is 103 Å². The fourth-order valence-corrected chi connectivity index (χ4v) is 6.40. The average Bonchev–Trinajstić information content (AvgIpc) is 3.07. The second-order valence-corrected chi connectivity index (χ2v) is 12.3. The summed E-state index contributed by atoms with van der Waals surface area (Å²) in [4.78, 5) is 37.9. The third kappa shape index (κ3) is 8.51. The second kappa shape index (κ2) is 15.6. The van der Waals surface area contributed by atoms with Gasteiger partial charge in [0.1, 0.15) is 5.82 Å². The standard InChI is InChI=1S/C39H40FNO6/c40-31-20-18-29(19-21-31)35(42)25-24-33-36(30-16-12-27(13-17-30)10-5-11-34(38(44)45)39(46)47)41(37(33)43)32-22-14-28(15-23-32)9-4-8-26-6-2-1-3-7-26/h1-3,6-7,12-23,33-36,42H,4-5,8-11,24-25H2,(H,44,45)(H,46,47)/t33-,35+,36-/m1/s1. The van der Waals surface area contributed by atoms with Gasteiger partial charge in [0.15, 0.2) is 5.92 Å². The SMILES string of the molecule is O=C(O)C(CCCc1ccc([C@@H]2[C@@H](CC[C@H](O)c3ccc(F)cc3)C(=O)N2c2ccc(CCCc3ccccc3)cc2)cc1)C(=O)O. The molecule has 1 heterocycles. The Kier molecular flexibility index (Phi) is 11.2. The maximum Gasteiger partial charge on any atom is 0.317 e. The van der Waals surface area contributed by atoms with Gasteiger partial charge in [0.25, 0.3) is 0 Å². The van der Waals surface area contributed by atoms with Crippen LogP contribution in [0.5, 0.6) is 0 Å². The minimum Gasteiger partial charge on any atom is -0.481 e. The summed E-state index contributed by atoms with van der Waals surface area (Å²) in [6.07, 6.45) is 3.90. The van der Waals surface area contributed by atoms with E-state index in [1.54, 1.807) is 12.1 Å². The van der Waals surface area contributed by atoms with E-state index in [0.717, 1.165) is 36.1 Å². The van der Waals surface area contributed by atoms with Crippen LogP contribution in [0.2, 0.25) is 0 Å². The van der Waals surface area contributed by atoms with Gasteiger partial charge in [0.2, 0.25) is 5.91 Å². The summed E-state index contributed by atoms with van der Waals surface area (Å²) >= 11 is 0. The van der Waals surface area contributed by atoms with Crippen LogP contribution in [0.25, 0.3) is 0 Å². The summed E-state index contributed by atoms with van der Waals surface area (Å²) in [7, 11) is 0. The zero-order chi connectivity index (χ0) is 33.3. The second-order valence-electron chi connectivity index (χ2n) is 12.3. The van der Waals surface area contributed by atoms with Gasteiger partial charge in [-0.25, -0.2) is 4.39 Å². The fraction of sp³-hybridized carbons (Fsp3) is 0.308. The van der Waals surface area contributed by atoms with Crippen molar-refractivity contribution in [3.8, 4) is 0 Å². The maximum absolute atomic E-state index is 13.6. The van der Waals surface area contributed by atoms with Crippen LogP contribution in [0.1, 0.15) is 72.1 Å². The van der Waals surface area contributed by atoms with Crippen LogP contribution in [0, 0.1) is 17.7 Å². The molecule has 47 heavy (non-hydrogen) atoms. The van der Waals surface area contributed by atoms with E-state index in [-0.39, 0.29) is 30.1 Å². The number of aliphatic hydroxyl groups is 1. The number of rotatable bonds is 16. The van der Waals surface area contributed by atoms with E-state index in [2.05, 4.69) is 24.3 Å². The number of halogens is 1. The molecule has 1 fully saturated rings. The lowest BCUT2D eigenvalue weighted by molar-refractivity contribution is -0.154. The van der Waals surface area contributed by atoms with Crippen molar-refractivity contribution in [2.75, 3.05) is 4.90 Å². The zero-order valence-corrected chi connectivity index (χ0v) is 26.2. The van der Waals surface area contributed by atoms with E-state index in [9.17, 15) is 23.9 Å². The molecule has 5 rings (SSSR count). The third-order valence-electron chi connectivity index (χ3n) is 9.08. The van der Waals surface area contributed by atoms with Crippen LogP contribution in [0.3, 0.4) is 0 Å². The molecule has 244 valence electrons. The lowest BCUT2D eigenvalue weighted by atomic mass is 9.78. The number of carbonyl (C=O) groups excluding carboxylic acids is 1. The summed E-state index contributed by atoms with van der Waals surface area (Å²) in [5.41, 5.74) is 5.81. The molecule has 0 radical (unpaired) electrons. The number of β-lactam (4-membered cyclic amide) rings is 1. The van der Waals surface area contributed by atoms with Crippen molar-refractivity contribution in [3.63, 3.8) is 0 Å². The summed E-state index contributed by atoms with van der Waals surface area (Å²) in [6, 6.07) is 31.8. The Balaban J connectivity index is 1.27.